The van der Waals surface area contributed by atoms with Gasteiger partial charge in [0.2, 0.25) is 0 Å². The fourth-order valence-corrected chi connectivity index (χ4v) is 3.70. The monoisotopic (exact) mass is 360 g/mol. The summed E-state index contributed by atoms with van der Waals surface area (Å²) in [5, 5.41) is 6.96. The zero-order valence-corrected chi connectivity index (χ0v) is 15.3. The summed E-state index contributed by atoms with van der Waals surface area (Å²) in [5.41, 5.74) is 0.561. The molecule has 0 spiro atoms. The van der Waals surface area contributed by atoms with E-state index in [1.54, 1.807) is 30.8 Å². The van der Waals surface area contributed by atoms with Gasteiger partial charge in [0, 0.05) is 12.6 Å². The third kappa shape index (κ3) is 3.48. The number of unbranched alkanes of at least 4 members (excludes halogenated alkanes) is 2. The van der Waals surface area contributed by atoms with E-state index in [9.17, 15) is 9.59 Å². The molecule has 0 unspecified atom stereocenters. The minimum atomic E-state index is -0.314. The van der Waals surface area contributed by atoms with E-state index < -0.39 is 0 Å². The van der Waals surface area contributed by atoms with Crippen LogP contribution in [-0.2, 0) is 6.54 Å². The average molecular weight is 360 g/mol. The number of nitrogens with zero attached hydrogens (tertiary/aromatic N) is 3. The Bertz CT molecular complexity index is 970. The van der Waals surface area contributed by atoms with E-state index in [1.807, 2.05) is 0 Å². The van der Waals surface area contributed by atoms with Crippen LogP contribution in [0.25, 0.3) is 10.2 Å². The number of carbonyl (C=O) groups is 1. The second-order valence-electron chi connectivity index (χ2n) is 5.96. The summed E-state index contributed by atoms with van der Waals surface area (Å²) < 4.78 is 6.57. The maximum Gasteiger partial charge on any atom is 0.267 e. The molecule has 7 nitrogen and oxygen atoms in total. The van der Waals surface area contributed by atoms with Gasteiger partial charge in [-0.2, -0.15) is 0 Å². The summed E-state index contributed by atoms with van der Waals surface area (Å²) >= 11 is 1.21. The lowest BCUT2D eigenvalue weighted by molar-refractivity contribution is 0.102. The Balaban J connectivity index is 1.92. The highest BCUT2D eigenvalue weighted by Gasteiger charge is 2.20. The predicted molar refractivity (Wildman–Crippen MR) is 97.3 cm³/mol. The highest BCUT2D eigenvalue weighted by molar-refractivity contribution is 7.20. The first kappa shape index (κ1) is 17.3. The van der Waals surface area contributed by atoms with Crippen LogP contribution in [0.5, 0.6) is 0 Å². The molecule has 0 bridgehead atoms. The molecule has 0 atom stereocenters. The third-order valence-electron chi connectivity index (χ3n) is 4.00. The molecular weight excluding hydrogens is 340 g/mol. The SMILES string of the molecule is CCCCCn1cnc2sc(C(=O)Nc3cc(C)on3)c(C)c2c1=O. The zero-order valence-electron chi connectivity index (χ0n) is 14.5. The van der Waals surface area contributed by atoms with Crippen LogP contribution in [0.15, 0.2) is 21.7 Å². The van der Waals surface area contributed by atoms with E-state index in [0.29, 0.717) is 38.8 Å². The molecule has 0 aliphatic rings. The molecule has 0 saturated carbocycles. The van der Waals surface area contributed by atoms with E-state index in [1.165, 1.54) is 11.3 Å². The van der Waals surface area contributed by atoms with Crippen LogP contribution in [0, 0.1) is 13.8 Å². The number of thiophene rings is 1. The van der Waals surface area contributed by atoms with Gasteiger partial charge in [0.25, 0.3) is 11.5 Å². The van der Waals surface area contributed by atoms with Crippen molar-refractivity contribution in [3.8, 4) is 0 Å². The van der Waals surface area contributed by atoms with Crippen LogP contribution in [0.3, 0.4) is 0 Å². The van der Waals surface area contributed by atoms with Crippen LogP contribution in [0.4, 0.5) is 5.82 Å². The van der Waals surface area contributed by atoms with Crippen LogP contribution in [0.2, 0.25) is 0 Å². The largest absolute Gasteiger partial charge is 0.360 e. The second-order valence-corrected chi connectivity index (χ2v) is 6.96. The molecule has 1 N–H and O–H groups in total. The molecule has 0 aliphatic heterocycles. The van der Waals surface area contributed by atoms with Crippen molar-refractivity contribution >= 4 is 33.3 Å². The molecule has 3 aromatic heterocycles. The lowest BCUT2D eigenvalue weighted by Crippen LogP contribution is -2.20. The first-order chi connectivity index (χ1) is 12.0. The minimum Gasteiger partial charge on any atom is -0.360 e. The van der Waals surface area contributed by atoms with E-state index in [-0.39, 0.29) is 11.5 Å². The zero-order chi connectivity index (χ0) is 18.0. The number of rotatable bonds is 6. The molecule has 3 heterocycles. The number of hydrogen-bond donors (Lipinski definition) is 1. The summed E-state index contributed by atoms with van der Waals surface area (Å²) in [6.07, 6.45) is 4.66. The molecule has 3 aromatic rings. The molecule has 132 valence electrons. The van der Waals surface area contributed by atoms with Crippen molar-refractivity contribution < 1.29 is 9.32 Å². The number of nitrogens with one attached hydrogen (secondary N) is 1. The van der Waals surface area contributed by atoms with Crippen LogP contribution in [0.1, 0.15) is 47.2 Å². The molecule has 0 fully saturated rings. The summed E-state index contributed by atoms with van der Waals surface area (Å²) in [6, 6.07) is 1.64. The van der Waals surface area contributed by atoms with Crippen molar-refractivity contribution in [2.45, 2.75) is 46.6 Å². The number of amides is 1. The van der Waals surface area contributed by atoms with Gasteiger partial charge in [0.15, 0.2) is 5.82 Å². The lowest BCUT2D eigenvalue weighted by atomic mass is 10.2. The molecule has 3 rings (SSSR count). The number of aromatic nitrogens is 3. The van der Waals surface area contributed by atoms with Gasteiger partial charge in [-0.05, 0) is 25.8 Å². The van der Waals surface area contributed by atoms with Crippen molar-refractivity contribution in [3.05, 3.63) is 38.9 Å². The van der Waals surface area contributed by atoms with E-state index in [0.717, 1.165) is 19.3 Å². The Hall–Kier alpha value is -2.48. The average Bonchev–Trinajstić information content (AvgIpc) is 3.13. The lowest BCUT2D eigenvalue weighted by Gasteiger charge is -2.04. The standard InChI is InChI=1S/C17H20N4O3S/c1-4-5-6-7-21-9-18-16-13(17(21)23)11(3)14(25-16)15(22)19-12-8-10(2)24-20-12/h8-9H,4-7H2,1-3H3,(H,19,20,22). The van der Waals surface area contributed by atoms with Crippen molar-refractivity contribution in [1.29, 1.82) is 0 Å². The smallest absolute Gasteiger partial charge is 0.267 e. The van der Waals surface area contributed by atoms with E-state index >= 15 is 0 Å². The van der Waals surface area contributed by atoms with Gasteiger partial charge in [-0.15, -0.1) is 11.3 Å². The summed E-state index contributed by atoms with van der Waals surface area (Å²) in [5.74, 6) is 0.648. The van der Waals surface area contributed by atoms with E-state index in [2.05, 4.69) is 22.4 Å². The number of fused-ring (bicyclic) bond motifs is 1. The molecule has 0 saturated heterocycles. The van der Waals surface area contributed by atoms with Crippen LogP contribution < -0.4 is 10.9 Å². The highest BCUT2D eigenvalue weighted by atomic mass is 32.1. The highest BCUT2D eigenvalue weighted by Crippen LogP contribution is 2.27. The number of carbonyl (C=O) groups excluding carboxylic acids is 1. The van der Waals surface area contributed by atoms with Gasteiger partial charge in [0.05, 0.1) is 16.6 Å². The fourth-order valence-electron chi connectivity index (χ4n) is 2.67. The first-order valence-corrected chi connectivity index (χ1v) is 9.06. The first-order valence-electron chi connectivity index (χ1n) is 8.24. The molecular formula is C17H20N4O3S. The molecule has 0 aliphatic carbocycles. The topological polar surface area (TPSA) is 90.0 Å². The predicted octanol–water partition coefficient (Wildman–Crippen LogP) is 3.51. The molecule has 1 amide bonds. The summed E-state index contributed by atoms with van der Waals surface area (Å²) in [6.45, 7) is 6.29. The Morgan fingerprint density at radius 2 is 2.16 bits per heavy atom. The second kappa shape index (κ2) is 7.18. The maximum atomic E-state index is 12.7. The number of anilines is 1. The Morgan fingerprint density at radius 3 is 2.84 bits per heavy atom. The van der Waals surface area contributed by atoms with Crippen molar-refractivity contribution in [2.75, 3.05) is 5.32 Å². The normalized spacial score (nSPS) is 11.2. The minimum absolute atomic E-state index is 0.0915. The van der Waals surface area contributed by atoms with Gasteiger partial charge >= 0.3 is 0 Å². The number of hydrogen-bond acceptors (Lipinski definition) is 6. The van der Waals surface area contributed by atoms with Gasteiger partial charge < -0.3 is 9.84 Å². The molecule has 0 aromatic carbocycles. The van der Waals surface area contributed by atoms with Crippen molar-refractivity contribution in [1.82, 2.24) is 14.7 Å². The maximum absolute atomic E-state index is 12.7. The quantitative estimate of drug-likeness (QED) is 0.680. The van der Waals surface area contributed by atoms with E-state index in [4.69, 9.17) is 4.52 Å². The van der Waals surface area contributed by atoms with Crippen LogP contribution in [-0.4, -0.2) is 20.6 Å². The summed E-state index contributed by atoms with van der Waals surface area (Å²) in [7, 11) is 0. The fraction of sp³-hybridized carbons (Fsp3) is 0.412. The van der Waals surface area contributed by atoms with Crippen molar-refractivity contribution in [3.63, 3.8) is 0 Å². The summed E-state index contributed by atoms with van der Waals surface area (Å²) in [4.78, 5) is 30.6. The Morgan fingerprint density at radius 1 is 1.36 bits per heavy atom. The molecule has 8 heteroatoms. The number of aryl methyl sites for hydroxylation is 3. The third-order valence-corrected chi connectivity index (χ3v) is 5.19. The molecule has 0 radical (unpaired) electrons. The van der Waals surface area contributed by atoms with Crippen molar-refractivity contribution in [2.24, 2.45) is 0 Å². The van der Waals surface area contributed by atoms with Gasteiger partial charge in [-0.3, -0.25) is 14.2 Å². The van der Waals surface area contributed by atoms with Crippen LogP contribution >= 0.6 is 11.3 Å². The van der Waals surface area contributed by atoms with Gasteiger partial charge in [-0.25, -0.2) is 4.98 Å². The molecule has 25 heavy (non-hydrogen) atoms. The Labute approximate surface area is 148 Å². The van der Waals surface area contributed by atoms with Gasteiger partial charge in [0.1, 0.15) is 10.6 Å². The van der Waals surface area contributed by atoms with Gasteiger partial charge in [-0.1, -0.05) is 24.9 Å². The Kier molecular flexibility index (Phi) is 4.98.